The van der Waals surface area contributed by atoms with Crippen molar-refractivity contribution in [1.29, 1.82) is 0 Å². The molecule has 0 amide bonds. The van der Waals surface area contributed by atoms with Gasteiger partial charge in [-0.05, 0) is 12.8 Å². The minimum Gasteiger partial charge on any atom is -0.378 e. The van der Waals surface area contributed by atoms with Crippen LogP contribution in [0.3, 0.4) is 0 Å². The summed E-state index contributed by atoms with van der Waals surface area (Å²) in [6, 6.07) is 0.340. The first-order valence-electron chi connectivity index (χ1n) is 8.35. The molecule has 0 spiro atoms. The van der Waals surface area contributed by atoms with Crippen molar-refractivity contribution < 1.29 is 9.26 Å². The van der Waals surface area contributed by atoms with Crippen LogP contribution in [-0.2, 0) is 11.3 Å². The Kier molecular flexibility index (Phi) is 5.98. The van der Waals surface area contributed by atoms with Crippen LogP contribution >= 0.6 is 0 Å². The molecule has 0 unspecified atom stereocenters. The van der Waals surface area contributed by atoms with Crippen molar-refractivity contribution in [2.75, 3.05) is 13.7 Å². The van der Waals surface area contributed by atoms with Crippen LogP contribution in [0.1, 0.15) is 51.7 Å². The van der Waals surface area contributed by atoms with Crippen molar-refractivity contribution >= 4 is 5.96 Å². The molecular formula is C16H29N5O2. The number of aliphatic imine (C=N–C) groups is 1. The van der Waals surface area contributed by atoms with E-state index in [1.807, 2.05) is 0 Å². The highest BCUT2D eigenvalue weighted by Gasteiger charge is 2.49. The summed E-state index contributed by atoms with van der Waals surface area (Å²) in [6.45, 7) is 9.77. The van der Waals surface area contributed by atoms with Crippen molar-refractivity contribution in [3.8, 4) is 0 Å². The summed E-state index contributed by atoms with van der Waals surface area (Å²) in [6.07, 6.45) is 3.60. The number of ether oxygens (including phenoxy) is 1. The van der Waals surface area contributed by atoms with E-state index in [4.69, 9.17) is 9.26 Å². The van der Waals surface area contributed by atoms with Crippen LogP contribution in [0.2, 0.25) is 0 Å². The molecule has 1 aromatic rings. The largest absolute Gasteiger partial charge is 0.378 e. The molecule has 7 heteroatoms. The van der Waals surface area contributed by atoms with Gasteiger partial charge in [0.25, 0.3) is 0 Å². The van der Waals surface area contributed by atoms with Gasteiger partial charge in [-0.15, -0.1) is 0 Å². The molecule has 1 aliphatic rings. The zero-order chi connectivity index (χ0) is 16.9. The number of aryl methyl sites for hydroxylation is 1. The smallest absolute Gasteiger partial charge is 0.223 e. The summed E-state index contributed by atoms with van der Waals surface area (Å²) < 4.78 is 10.9. The predicted molar refractivity (Wildman–Crippen MR) is 89.2 cm³/mol. The topological polar surface area (TPSA) is 84.6 Å². The minimum absolute atomic E-state index is 0.0914. The Hall–Kier alpha value is -1.63. The zero-order valence-corrected chi connectivity index (χ0v) is 14.8. The average molecular weight is 323 g/mol. The van der Waals surface area contributed by atoms with E-state index in [0.29, 0.717) is 30.4 Å². The fraction of sp³-hybridized carbons (Fsp3) is 0.812. The van der Waals surface area contributed by atoms with E-state index in [9.17, 15) is 0 Å². The lowest BCUT2D eigenvalue weighted by Crippen LogP contribution is -2.63. The summed E-state index contributed by atoms with van der Waals surface area (Å²) in [7, 11) is 1.76. The Morgan fingerprint density at radius 1 is 1.48 bits per heavy atom. The van der Waals surface area contributed by atoms with E-state index >= 15 is 0 Å². The Balaban J connectivity index is 1.78. The summed E-state index contributed by atoms with van der Waals surface area (Å²) in [4.78, 5) is 8.43. The first-order valence-corrected chi connectivity index (χ1v) is 8.35. The van der Waals surface area contributed by atoms with Gasteiger partial charge < -0.3 is 19.9 Å². The van der Waals surface area contributed by atoms with Crippen LogP contribution in [0.4, 0.5) is 0 Å². The first-order chi connectivity index (χ1) is 11.0. The lowest BCUT2D eigenvalue weighted by atomic mass is 9.64. The molecule has 0 aliphatic heterocycles. The highest BCUT2D eigenvalue weighted by molar-refractivity contribution is 5.80. The Bertz CT molecular complexity index is 526. The predicted octanol–water partition coefficient (Wildman–Crippen LogP) is 2.03. The molecule has 1 saturated carbocycles. The normalized spacial score (nSPS) is 23.4. The minimum atomic E-state index is 0.0914. The molecule has 7 nitrogen and oxygen atoms in total. The van der Waals surface area contributed by atoms with Gasteiger partial charge in [-0.25, -0.2) is 0 Å². The number of hydrogen-bond donors (Lipinski definition) is 2. The van der Waals surface area contributed by atoms with Crippen LogP contribution in [0.15, 0.2) is 9.52 Å². The third-order valence-electron chi connectivity index (χ3n) is 4.51. The lowest BCUT2D eigenvalue weighted by Gasteiger charge is -2.52. The summed E-state index contributed by atoms with van der Waals surface area (Å²) in [5.41, 5.74) is 0.0914. The maximum absolute atomic E-state index is 5.98. The van der Waals surface area contributed by atoms with Crippen molar-refractivity contribution in [2.45, 2.75) is 65.6 Å². The number of unbranched alkanes of at least 4 members (excludes halogenated alkanes) is 1. The molecule has 0 radical (unpaired) electrons. The molecule has 1 fully saturated rings. The first kappa shape index (κ1) is 17.7. The molecule has 2 N–H and O–H groups in total. The Morgan fingerprint density at radius 2 is 2.26 bits per heavy atom. The van der Waals surface area contributed by atoms with E-state index < -0.39 is 0 Å². The van der Waals surface area contributed by atoms with E-state index in [1.54, 1.807) is 14.0 Å². The number of nitrogens with one attached hydrogen (secondary N) is 2. The molecule has 130 valence electrons. The molecule has 2 rings (SSSR count). The number of aromatic nitrogens is 2. The second-order valence-electron chi connectivity index (χ2n) is 6.62. The van der Waals surface area contributed by atoms with Gasteiger partial charge in [-0.2, -0.15) is 4.98 Å². The molecule has 1 heterocycles. The van der Waals surface area contributed by atoms with E-state index in [2.05, 4.69) is 46.5 Å². The van der Waals surface area contributed by atoms with Crippen LogP contribution < -0.4 is 10.6 Å². The molecule has 0 saturated heterocycles. The fourth-order valence-corrected chi connectivity index (χ4v) is 2.72. The summed E-state index contributed by atoms with van der Waals surface area (Å²) in [5, 5.41) is 10.5. The van der Waals surface area contributed by atoms with E-state index in [-0.39, 0.29) is 5.41 Å². The molecule has 0 bridgehead atoms. The van der Waals surface area contributed by atoms with Gasteiger partial charge in [0.1, 0.15) is 0 Å². The highest BCUT2D eigenvalue weighted by Crippen LogP contribution is 2.42. The Morgan fingerprint density at radius 3 is 2.83 bits per heavy atom. The SMILES string of the molecule is CCCCO[C@@H]1C[C@@H](NC(=NC)NCc2noc(C)n2)C1(C)C. The third kappa shape index (κ3) is 4.43. The quantitative estimate of drug-likeness (QED) is 0.454. The standard InChI is InChI=1S/C16H29N5O2/c1-6-7-8-22-13-9-12(16(13,3)4)20-15(17-5)18-10-14-19-11(2)23-21-14/h12-13H,6-10H2,1-5H3,(H2,17,18,20)/t12-,13-/m1/s1. The molecule has 0 aromatic carbocycles. The van der Waals surface area contributed by atoms with Crippen LogP contribution in [0.25, 0.3) is 0 Å². The van der Waals surface area contributed by atoms with Gasteiger partial charge in [0, 0.05) is 32.0 Å². The lowest BCUT2D eigenvalue weighted by molar-refractivity contribution is -0.113. The number of hydrogen-bond acceptors (Lipinski definition) is 5. The monoisotopic (exact) mass is 323 g/mol. The number of guanidine groups is 1. The van der Waals surface area contributed by atoms with E-state index in [0.717, 1.165) is 25.4 Å². The van der Waals surface area contributed by atoms with Crippen LogP contribution in [-0.4, -0.2) is 41.9 Å². The van der Waals surface area contributed by atoms with Gasteiger partial charge in [-0.3, -0.25) is 4.99 Å². The van der Waals surface area contributed by atoms with Gasteiger partial charge in [0.2, 0.25) is 5.89 Å². The van der Waals surface area contributed by atoms with Gasteiger partial charge >= 0.3 is 0 Å². The molecular weight excluding hydrogens is 294 g/mol. The molecule has 1 aromatic heterocycles. The van der Waals surface area contributed by atoms with Gasteiger partial charge in [0.05, 0.1) is 12.6 Å². The second-order valence-corrected chi connectivity index (χ2v) is 6.62. The van der Waals surface area contributed by atoms with Crippen molar-refractivity contribution in [2.24, 2.45) is 10.4 Å². The van der Waals surface area contributed by atoms with Crippen LogP contribution in [0.5, 0.6) is 0 Å². The van der Waals surface area contributed by atoms with Crippen molar-refractivity contribution in [3.05, 3.63) is 11.7 Å². The van der Waals surface area contributed by atoms with Gasteiger partial charge in [-0.1, -0.05) is 32.3 Å². The van der Waals surface area contributed by atoms with Crippen molar-refractivity contribution in [3.63, 3.8) is 0 Å². The van der Waals surface area contributed by atoms with Crippen molar-refractivity contribution in [1.82, 2.24) is 20.8 Å². The van der Waals surface area contributed by atoms with E-state index in [1.165, 1.54) is 6.42 Å². The van der Waals surface area contributed by atoms with Crippen LogP contribution in [0, 0.1) is 12.3 Å². The highest BCUT2D eigenvalue weighted by atomic mass is 16.5. The average Bonchev–Trinajstić information content (AvgIpc) is 2.94. The maximum atomic E-state index is 5.98. The summed E-state index contributed by atoms with van der Waals surface area (Å²) in [5.74, 6) is 1.94. The molecule has 1 aliphatic carbocycles. The number of rotatable bonds is 7. The molecule has 2 atom stereocenters. The Labute approximate surface area is 138 Å². The maximum Gasteiger partial charge on any atom is 0.223 e. The third-order valence-corrected chi connectivity index (χ3v) is 4.51. The zero-order valence-electron chi connectivity index (χ0n) is 14.8. The fourth-order valence-electron chi connectivity index (χ4n) is 2.72. The summed E-state index contributed by atoms with van der Waals surface area (Å²) >= 11 is 0. The van der Waals surface area contributed by atoms with Gasteiger partial charge in [0.15, 0.2) is 11.8 Å². The second kappa shape index (κ2) is 7.77. The molecule has 23 heavy (non-hydrogen) atoms. The number of nitrogens with zero attached hydrogens (tertiary/aromatic N) is 3.